The standard InChI is InChI=1S/C21H22N2O2/c1-12(2)19-20(25-17-8-13(3)7-16(9-17)11-22)18(10-15-5-6-15)14(4)23-21(19)24/h5-9,12,15H,10H2,1-4H3,(H,23,24). The predicted molar refractivity (Wildman–Crippen MR) is 98.2 cm³/mol. The number of nitrogens with zero attached hydrogens (tertiary/aromatic N) is 1. The number of ether oxygens (including phenoxy) is 1. The molecule has 2 aromatic rings. The molecule has 1 heterocycles. The molecule has 1 aliphatic rings. The molecular weight excluding hydrogens is 312 g/mol. The first kappa shape index (κ1) is 17.0. The van der Waals surface area contributed by atoms with Crippen molar-refractivity contribution in [2.75, 3.05) is 0 Å². The molecule has 128 valence electrons. The third kappa shape index (κ3) is 3.66. The molecule has 0 fully saturated rings. The van der Waals surface area contributed by atoms with Gasteiger partial charge >= 0.3 is 0 Å². The molecule has 0 radical (unpaired) electrons. The van der Waals surface area contributed by atoms with Crippen LogP contribution in [0.2, 0.25) is 0 Å². The maximum atomic E-state index is 12.5. The monoisotopic (exact) mass is 334 g/mol. The molecule has 0 atom stereocenters. The van der Waals surface area contributed by atoms with E-state index in [0.717, 1.165) is 23.2 Å². The van der Waals surface area contributed by atoms with Crippen molar-refractivity contribution >= 4 is 0 Å². The molecule has 0 amide bonds. The Hall–Kier alpha value is -2.80. The summed E-state index contributed by atoms with van der Waals surface area (Å²) < 4.78 is 6.22. The maximum absolute atomic E-state index is 12.5. The first-order chi connectivity index (χ1) is 11.9. The van der Waals surface area contributed by atoms with Gasteiger partial charge in [-0.25, -0.2) is 0 Å². The van der Waals surface area contributed by atoms with Gasteiger partial charge in [-0.05, 0) is 55.9 Å². The van der Waals surface area contributed by atoms with Gasteiger partial charge in [0.2, 0.25) is 0 Å². The molecular formula is C21H22N2O2. The van der Waals surface area contributed by atoms with E-state index in [0.29, 0.717) is 28.5 Å². The number of allylic oxidation sites excluding steroid dienone is 2. The zero-order valence-electron chi connectivity index (χ0n) is 15.0. The van der Waals surface area contributed by atoms with Crippen molar-refractivity contribution in [3.63, 3.8) is 0 Å². The molecule has 1 N–H and O–H groups in total. The van der Waals surface area contributed by atoms with Gasteiger partial charge < -0.3 is 9.72 Å². The first-order valence-electron chi connectivity index (χ1n) is 8.52. The van der Waals surface area contributed by atoms with Crippen LogP contribution in [0.4, 0.5) is 0 Å². The number of nitriles is 1. The molecule has 0 saturated carbocycles. The summed E-state index contributed by atoms with van der Waals surface area (Å²) in [7, 11) is 0. The number of benzene rings is 1. The highest BCUT2D eigenvalue weighted by Gasteiger charge is 2.24. The van der Waals surface area contributed by atoms with Crippen molar-refractivity contribution in [1.82, 2.24) is 4.98 Å². The van der Waals surface area contributed by atoms with E-state index in [4.69, 9.17) is 4.74 Å². The maximum Gasteiger partial charge on any atom is 0.255 e. The number of hydrogen-bond acceptors (Lipinski definition) is 3. The molecule has 4 nitrogen and oxygen atoms in total. The van der Waals surface area contributed by atoms with E-state index >= 15 is 0 Å². The second kappa shape index (κ2) is 6.60. The molecule has 1 aliphatic carbocycles. The number of H-pyrrole nitrogens is 1. The fourth-order valence-corrected chi connectivity index (χ4v) is 3.08. The van der Waals surface area contributed by atoms with E-state index in [2.05, 4.69) is 23.2 Å². The average molecular weight is 334 g/mol. The second-order valence-corrected chi connectivity index (χ2v) is 6.96. The lowest BCUT2D eigenvalue weighted by atomic mass is 9.96. The lowest BCUT2D eigenvalue weighted by Gasteiger charge is -2.19. The Morgan fingerprint density at radius 3 is 2.56 bits per heavy atom. The summed E-state index contributed by atoms with van der Waals surface area (Å²) in [6.45, 7) is 7.81. The number of nitrogens with one attached hydrogen (secondary N) is 1. The highest BCUT2D eigenvalue weighted by molar-refractivity contribution is 5.49. The van der Waals surface area contributed by atoms with Crippen molar-refractivity contribution in [1.29, 1.82) is 5.26 Å². The van der Waals surface area contributed by atoms with Gasteiger partial charge in [-0.1, -0.05) is 26.0 Å². The lowest BCUT2D eigenvalue weighted by molar-refractivity contribution is 0.461. The molecule has 1 aromatic carbocycles. The zero-order valence-corrected chi connectivity index (χ0v) is 15.0. The number of rotatable bonds is 5. The number of aromatic amines is 1. The molecule has 0 aliphatic heterocycles. The highest BCUT2D eigenvalue weighted by Crippen LogP contribution is 2.36. The molecule has 0 unspecified atom stereocenters. The van der Waals surface area contributed by atoms with Crippen molar-refractivity contribution in [2.24, 2.45) is 5.92 Å². The number of aromatic nitrogens is 1. The smallest absolute Gasteiger partial charge is 0.255 e. The van der Waals surface area contributed by atoms with Gasteiger partial charge in [0.15, 0.2) is 0 Å². The fourth-order valence-electron chi connectivity index (χ4n) is 3.08. The van der Waals surface area contributed by atoms with E-state index in [-0.39, 0.29) is 11.5 Å². The third-order valence-electron chi connectivity index (χ3n) is 4.40. The van der Waals surface area contributed by atoms with Crippen molar-refractivity contribution in [3.05, 3.63) is 68.7 Å². The highest BCUT2D eigenvalue weighted by atomic mass is 16.5. The molecule has 0 saturated heterocycles. The van der Waals surface area contributed by atoms with E-state index < -0.39 is 0 Å². The minimum absolute atomic E-state index is 0.0329. The molecule has 0 spiro atoms. The van der Waals surface area contributed by atoms with Gasteiger partial charge in [-0.2, -0.15) is 5.26 Å². The van der Waals surface area contributed by atoms with Gasteiger partial charge in [-0.3, -0.25) is 4.79 Å². The van der Waals surface area contributed by atoms with Crippen LogP contribution in [-0.2, 0) is 6.42 Å². The van der Waals surface area contributed by atoms with Crippen LogP contribution in [0.15, 0.2) is 35.1 Å². The van der Waals surface area contributed by atoms with Crippen molar-refractivity contribution < 1.29 is 4.74 Å². The van der Waals surface area contributed by atoms with Crippen molar-refractivity contribution in [2.45, 2.75) is 40.0 Å². The SMILES string of the molecule is Cc1cc(C#N)cc(Oc2c(CC3C=C3)c(C)[nH]c(=O)c2C(C)C)c1. The first-order valence-corrected chi connectivity index (χ1v) is 8.52. The Balaban J connectivity index is 2.13. The molecule has 4 heteroatoms. The fraction of sp³-hybridized carbons (Fsp3) is 0.333. The van der Waals surface area contributed by atoms with Gasteiger partial charge in [0.1, 0.15) is 11.5 Å². The Labute approximate surface area is 147 Å². The van der Waals surface area contributed by atoms with Crippen LogP contribution < -0.4 is 10.3 Å². The molecule has 25 heavy (non-hydrogen) atoms. The average Bonchev–Trinajstić information content (AvgIpc) is 3.34. The Morgan fingerprint density at radius 2 is 1.96 bits per heavy atom. The molecule has 1 aromatic heterocycles. The summed E-state index contributed by atoms with van der Waals surface area (Å²) in [6.07, 6.45) is 5.10. The zero-order chi connectivity index (χ0) is 18.1. The van der Waals surface area contributed by atoms with Gasteiger partial charge in [0.05, 0.1) is 17.2 Å². The van der Waals surface area contributed by atoms with Crippen LogP contribution in [0, 0.1) is 31.1 Å². The minimum Gasteiger partial charge on any atom is -0.456 e. The summed E-state index contributed by atoms with van der Waals surface area (Å²) in [6, 6.07) is 7.57. The van der Waals surface area contributed by atoms with E-state index in [1.807, 2.05) is 39.8 Å². The van der Waals surface area contributed by atoms with E-state index in [1.54, 1.807) is 6.07 Å². The van der Waals surface area contributed by atoms with Crippen LogP contribution in [0.25, 0.3) is 0 Å². The lowest BCUT2D eigenvalue weighted by Crippen LogP contribution is -2.19. The predicted octanol–water partition coefficient (Wildman–Crippen LogP) is 4.51. The van der Waals surface area contributed by atoms with Crippen molar-refractivity contribution in [3.8, 4) is 17.6 Å². The van der Waals surface area contributed by atoms with Crippen LogP contribution in [0.5, 0.6) is 11.5 Å². The Kier molecular flexibility index (Phi) is 4.50. The third-order valence-corrected chi connectivity index (χ3v) is 4.40. The summed E-state index contributed by atoms with van der Waals surface area (Å²) in [4.78, 5) is 15.5. The molecule has 3 rings (SSSR count). The second-order valence-electron chi connectivity index (χ2n) is 6.96. The Bertz CT molecular complexity index is 940. The summed E-state index contributed by atoms with van der Waals surface area (Å²) in [5, 5.41) is 9.20. The quantitative estimate of drug-likeness (QED) is 0.818. The normalized spacial score (nSPS) is 13.1. The number of aryl methyl sites for hydroxylation is 2. The van der Waals surface area contributed by atoms with Gasteiger partial charge in [0, 0.05) is 11.3 Å². The van der Waals surface area contributed by atoms with Gasteiger partial charge in [-0.15, -0.1) is 0 Å². The number of hydrogen-bond donors (Lipinski definition) is 1. The van der Waals surface area contributed by atoms with Crippen LogP contribution in [0.1, 0.15) is 47.7 Å². The van der Waals surface area contributed by atoms with Crippen LogP contribution in [0.3, 0.4) is 0 Å². The van der Waals surface area contributed by atoms with E-state index in [1.165, 1.54) is 0 Å². The van der Waals surface area contributed by atoms with Crippen LogP contribution in [-0.4, -0.2) is 4.98 Å². The minimum atomic E-state index is -0.108. The van der Waals surface area contributed by atoms with E-state index in [9.17, 15) is 10.1 Å². The Morgan fingerprint density at radius 1 is 1.24 bits per heavy atom. The summed E-state index contributed by atoms with van der Waals surface area (Å²) >= 11 is 0. The number of pyridine rings is 1. The van der Waals surface area contributed by atoms with Crippen LogP contribution >= 0.6 is 0 Å². The largest absolute Gasteiger partial charge is 0.456 e. The summed E-state index contributed by atoms with van der Waals surface area (Å²) in [5.41, 5.74) is 3.91. The van der Waals surface area contributed by atoms with Gasteiger partial charge in [0.25, 0.3) is 5.56 Å². The molecule has 0 bridgehead atoms. The summed E-state index contributed by atoms with van der Waals surface area (Å²) in [5.74, 6) is 1.69. The topological polar surface area (TPSA) is 65.9 Å².